The molecule has 2 rings (SSSR count). The SMILES string of the molecule is CCCCCCCCCCCCCCCCCCO.Nc1ccn([C@@H]2O[C@H](CO)[C@@H](O)C2(F)F)c(=O)n1. The van der Waals surface area contributed by atoms with Crippen LogP contribution in [0.25, 0.3) is 0 Å². The number of aliphatic hydroxyl groups is 3. The summed E-state index contributed by atoms with van der Waals surface area (Å²) in [6.45, 7) is 1.87. The number of aliphatic hydroxyl groups excluding tert-OH is 3. The van der Waals surface area contributed by atoms with E-state index in [9.17, 15) is 18.7 Å². The number of halogens is 2. The normalized spacial score (nSPS) is 20.5. The van der Waals surface area contributed by atoms with Gasteiger partial charge in [0.1, 0.15) is 11.9 Å². The Balaban J connectivity index is 0.000000370. The highest BCUT2D eigenvalue weighted by atomic mass is 19.3. The van der Waals surface area contributed by atoms with Gasteiger partial charge < -0.3 is 25.8 Å². The molecule has 1 aliphatic rings. The zero-order chi connectivity index (χ0) is 27.5. The molecule has 216 valence electrons. The molecule has 10 heteroatoms. The molecule has 1 saturated heterocycles. The molecule has 0 aromatic carbocycles. The van der Waals surface area contributed by atoms with Gasteiger partial charge in [0.25, 0.3) is 0 Å². The maximum Gasteiger partial charge on any atom is 0.351 e. The lowest BCUT2D eigenvalue weighted by atomic mass is 10.0. The average Bonchev–Trinajstić information content (AvgIpc) is 3.10. The molecule has 1 aromatic heterocycles. The highest BCUT2D eigenvalue weighted by molar-refractivity contribution is 5.23. The maximum atomic E-state index is 13.7. The van der Waals surface area contributed by atoms with Gasteiger partial charge in [-0.05, 0) is 12.5 Å². The minimum absolute atomic E-state index is 0.114. The lowest BCUT2D eigenvalue weighted by molar-refractivity contribution is -0.140. The molecule has 0 bridgehead atoms. The molecule has 0 spiro atoms. The van der Waals surface area contributed by atoms with Crippen LogP contribution in [0.1, 0.15) is 116 Å². The zero-order valence-electron chi connectivity index (χ0n) is 22.5. The first kappa shape index (κ1) is 33.4. The first-order chi connectivity index (χ1) is 17.8. The van der Waals surface area contributed by atoms with Gasteiger partial charge in [0.2, 0.25) is 6.23 Å². The molecule has 0 saturated carbocycles. The summed E-state index contributed by atoms with van der Waals surface area (Å²) in [5.41, 5.74) is 4.21. The van der Waals surface area contributed by atoms with Gasteiger partial charge in [0.05, 0.1) is 6.61 Å². The number of nitrogen functional groups attached to an aromatic ring is 1. The Kier molecular flexibility index (Phi) is 17.6. The summed E-state index contributed by atoms with van der Waals surface area (Å²) in [6, 6.07) is 1.15. The van der Waals surface area contributed by atoms with Crippen molar-refractivity contribution in [3.63, 3.8) is 0 Å². The van der Waals surface area contributed by atoms with Crippen molar-refractivity contribution in [2.75, 3.05) is 18.9 Å². The van der Waals surface area contributed by atoms with Crippen molar-refractivity contribution in [3.8, 4) is 0 Å². The molecule has 5 N–H and O–H groups in total. The van der Waals surface area contributed by atoms with Gasteiger partial charge in [-0.2, -0.15) is 13.8 Å². The quantitative estimate of drug-likeness (QED) is 0.196. The highest BCUT2D eigenvalue weighted by Gasteiger charge is 2.59. The standard InChI is InChI=1S/C18H38O.C9H11F2N3O4/c1-2-3-4-5-6-7-8-9-10-11-12-13-14-15-16-17-18-19;10-9(11)6(16)4(3-15)18-7(9)14-2-1-5(12)13-8(14)17/h19H,2-18H2,1H3;1-2,4,6-7,15-16H,3H2,(H2,12,13,17)/t;4-,6-,7-/m.1/s1. The third-order valence-corrected chi connectivity index (χ3v) is 6.68. The fourth-order valence-corrected chi connectivity index (χ4v) is 4.38. The van der Waals surface area contributed by atoms with Crippen LogP contribution in [0.2, 0.25) is 0 Å². The fraction of sp³-hybridized carbons (Fsp3) is 0.852. The van der Waals surface area contributed by atoms with E-state index in [1.54, 1.807) is 0 Å². The van der Waals surface area contributed by atoms with E-state index < -0.39 is 36.7 Å². The molecule has 0 radical (unpaired) electrons. The van der Waals surface area contributed by atoms with Crippen molar-refractivity contribution < 1.29 is 28.8 Å². The fourth-order valence-electron chi connectivity index (χ4n) is 4.38. The van der Waals surface area contributed by atoms with Crippen molar-refractivity contribution in [2.24, 2.45) is 0 Å². The molecule has 2 heterocycles. The molecule has 1 fully saturated rings. The van der Waals surface area contributed by atoms with Crippen LogP contribution in [-0.2, 0) is 4.74 Å². The number of rotatable bonds is 18. The predicted molar refractivity (Wildman–Crippen MR) is 141 cm³/mol. The van der Waals surface area contributed by atoms with Gasteiger partial charge >= 0.3 is 11.6 Å². The lowest BCUT2D eigenvalue weighted by Gasteiger charge is -2.20. The van der Waals surface area contributed by atoms with Gasteiger partial charge in [0.15, 0.2) is 6.10 Å². The Morgan fingerprint density at radius 2 is 1.38 bits per heavy atom. The number of unbranched alkanes of at least 4 members (excludes halogenated alkanes) is 15. The van der Waals surface area contributed by atoms with Crippen molar-refractivity contribution in [3.05, 3.63) is 22.7 Å². The third-order valence-electron chi connectivity index (χ3n) is 6.68. The summed E-state index contributed by atoms with van der Waals surface area (Å²) in [7, 11) is 0. The summed E-state index contributed by atoms with van der Waals surface area (Å²) in [6.07, 6.45) is 17.5. The van der Waals surface area contributed by atoms with E-state index in [1.165, 1.54) is 96.3 Å². The van der Waals surface area contributed by atoms with Crippen LogP contribution in [0.5, 0.6) is 0 Å². The second-order valence-corrected chi connectivity index (χ2v) is 9.90. The van der Waals surface area contributed by atoms with Crippen LogP contribution in [0, 0.1) is 0 Å². The molecule has 1 aliphatic heterocycles. The molecule has 8 nitrogen and oxygen atoms in total. The van der Waals surface area contributed by atoms with Crippen LogP contribution in [0.4, 0.5) is 14.6 Å². The van der Waals surface area contributed by atoms with Crippen molar-refractivity contribution in [2.45, 2.75) is 134 Å². The molecule has 1 aromatic rings. The zero-order valence-corrected chi connectivity index (χ0v) is 22.5. The maximum absolute atomic E-state index is 13.7. The van der Waals surface area contributed by atoms with E-state index in [2.05, 4.69) is 11.9 Å². The Bertz CT molecular complexity index is 750. The van der Waals surface area contributed by atoms with Gasteiger partial charge in [-0.15, -0.1) is 0 Å². The smallest absolute Gasteiger partial charge is 0.351 e. The largest absolute Gasteiger partial charge is 0.396 e. The minimum Gasteiger partial charge on any atom is -0.396 e. The van der Waals surface area contributed by atoms with E-state index in [1.807, 2.05) is 0 Å². The van der Waals surface area contributed by atoms with Crippen molar-refractivity contribution in [1.29, 1.82) is 0 Å². The topological polar surface area (TPSA) is 131 Å². The summed E-state index contributed by atoms with van der Waals surface area (Å²) < 4.78 is 32.7. The molecule has 0 amide bonds. The van der Waals surface area contributed by atoms with Gasteiger partial charge in [-0.1, -0.05) is 103 Å². The van der Waals surface area contributed by atoms with E-state index >= 15 is 0 Å². The summed E-state index contributed by atoms with van der Waals surface area (Å²) in [4.78, 5) is 14.7. The van der Waals surface area contributed by atoms with Crippen LogP contribution in [0.15, 0.2) is 17.1 Å². The van der Waals surface area contributed by atoms with Crippen LogP contribution in [0.3, 0.4) is 0 Å². The first-order valence-electron chi connectivity index (χ1n) is 14.1. The number of nitrogens with two attached hydrogens (primary N) is 1. The van der Waals surface area contributed by atoms with E-state index in [0.29, 0.717) is 11.2 Å². The number of ether oxygens (including phenoxy) is 1. The molecular weight excluding hydrogens is 484 g/mol. The van der Waals surface area contributed by atoms with Gasteiger partial charge in [0, 0.05) is 12.8 Å². The monoisotopic (exact) mass is 533 g/mol. The van der Waals surface area contributed by atoms with Crippen molar-refractivity contribution in [1.82, 2.24) is 9.55 Å². The first-order valence-corrected chi connectivity index (χ1v) is 14.1. The van der Waals surface area contributed by atoms with E-state index in [-0.39, 0.29) is 5.82 Å². The second-order valence-electron chi connectivity index (χ2n) is 9.90. The Hall–Kier alpha value is -1.62. The Morgan fingerprint density at radius 3 is 1.76 bits per heavy atom. The highest BCUT2D eigenvalue weighted by Crippen LogP contribution is 2.41. The molecule has 37 heavy (non-hydrogen) atoms. The van der Waals surface area contributed by atoms with E-state index in [0.717, 1.165) is 18.7 Å². The van der Waals surface area contributed by atoms with E-state index in [4.69, 9.17) is 20.7 Å². The number of aromatic nitrogens is 2. The third kappa shape index (κ3) is 12.7. The molecule has 3 atom stereocenters. The van der Waals surface area contributed by atoms with Crippen LogP contribution in [-0.4, -0.2) is 56.2 Å². The summed E-state index contributed by atoms with van der Waals surface area (Å²) >= 11 is 0. The lowest BCUT2D eigenvalue weighted by Crippen LogP contribution is -2.41. The number of hydrogen-bond acceptors (Lipinski definition) is 7. The summed E-state index contributed by atoms with van der Waals surface area (Å²) in [5.74, 6) is -3.83. The minimum atomic E-state index is -3.71. The number of anilines is 1. The number of alkyl halides is 2. The molecular formula is C27H49F2N3O5. The molecule has 0 unspecified atom stereocenters. The second kappa shape index (κ2) is 19.4. The van der Waals surface area contributed by atoms with Gasteiger partial charge in [-0.25, -0.2) is 4.79 Å². The summed E-state index contributed by atoms with van der Waals surface area (Å²) in [5, 5.41) is 26.8. The molecule has 0 aliphatic carbocycles. The van der Waals surface area contributed by atoms with Gasteiger partial charge in [-0.3, -0.25) is 4.57 Å². The average molecular weight is 534 g/mol. The number of nitrogens with zero attached hydrogens (tertiary/aromatic N) is 2. The Labute approximate surface area is 220 Å². The predicted octanol–water partition coefficient (Wildman–Crippen LogP) is 4.95. The van der Waals surface area contributed by atoms with Crippen LogP contribution < -0.4 is 11.4 Å². The Morgan fingerprint density at radius 1 is 0.919 bits per heavy atom. The number of hydrogen-bond donors (Lipinski definition) is 4. The van der Waals surface area contributed by atoms with Crippen LogP contribution >= 0.6 is 0 Å². The van der Waals surface area contributed by atoms with Crippen molar-refractivity contribution >= 4 is 5.82 Å².